The van der Waals surface area contributed by atoms with Crippen molar-refractivity contribution in [1.29, 1.82) is 0 Å². The number of carboxylic acids is 1. The first-order valence-electron chi connectivity index (χ1n) is 4.29. The Morgan fingerprint density at radius 2 is 2.00 bits per heavy atom. The lowest BCUT2D eigenvalue weighted by atomic mass is 9.96. The summed E-state index contributed by atoms with van der Waals surface area (Å²) in [4.78, 5) is 21.9. The number of carbonyl (C=O) groups is 2. The van der Waals surface area contributed by atoms with Gasteiger partial charge in [-0.3, -0.25) is 9.59 Å². The first kappa shape index (κ1) is 12.5. The first-order valence-corrected chi connectivity index (χ1v) is 4.29. The summed E-state index contributed by atoms with van der Waals surface area (Å²) >= 11 is 0. The van der Waals surface area contributed by atoms with Gasteiger partial charge in [-0.1, -0.05) is 19.8 Å². The second kappa shape index (κ2) is 6.03. The summed E-state index contributed by atoms with van der Waals surface area (Å²) < 4.78 is 4.67. The maximum atomic E-state index is 11.2. The van der Waals surface area contributed by atoms with Gasteiger partial charge in [0, 0.05) is 0 Å². The Balaban J connectivity index is 4.28. The number of carboxylic acid groups (broad SMARTS) is 1. The molecule has 0 heterocycles. The number of rotatable bonds is 4. The average Bonchev–Trinajstić information content (AvgIpc) is 2.03. The summed E-state index contributed by atoms with van der Waals surface area (Å²) in [5.74, 6) is 1.80. The zero-order valence-corrected chi connectivity index (χ0v) is 8.53. The maximum absolute atomic E-state index is 11.2. The highest BCUT2D eigenvalue weighted by atomic mass is 16.5. The number of aliphatic carboxylic acids is 1. The normalized spacial score (nSPS) is 11.4. The molecule has 1 atom stereocenters. The maximum Gasteiger partial charge on any atom is 0.321 e. The van der Waals surface area contributed by atoms with Crippen LogP contribution >= 0.6 is 0 Å². The average molecular weight is 198 g/mol. The zero-order valence-electron chi connectivity index (χ0n) is 8.53. The van der Waals surface area contributed by atoms with Gasteiger partial charge in [0.2, 0.25) is 0 Å². The standard InChI is InChI=1S/C10H14O4/c1-4-5-6-14-10(13)8(7(2)3)9(11)12/h7-8H,6H2,1-3H3,(H,11,12). The Bertz CT molecular complexity index is 270. The van der Waals surface area contributed by atoms with Gasteiger partial charge in [0.25, 0.3) is 0 Å². The Morgan fingerprint density at radius 1 is 1.43 bits per heavy atom. The van der Waals surface area contributed by atoms with Gasteiger partial charge in [0.1, 0.15) is 0 Å². The van der Waals surface area contributed by atoms with E-state index >= 15 is 0 Å². The van der Waals surface area contributed by atoms with E-state index in [-0.39, 0.29) is 12.5 Å². The SMILES string of the molecule is CC#CCOC(=O)C(C(=O)O)C(C)C. The van der Waals surface area contributed by atoms with Gasteiger partial charge in [-0.2, -0.15) is 0 Å². The highest BCUT2D eigenvalue weighted by molar-refractivity contribution is 5.94. The molecule has 0 aromatic heterocycles. The highest BCUT2D eigenvalue weighted by Crippen LogP contribution is 2.12. The van der Waals surface area contributed by atoms with Crippen LogP contribution in [0, 0.1) is 23.7 Å². The first-order chi connectivity index (χ1) is 6.50. The smallest absolute Gasteiger partial charge is 0.321 e. The minimum absolute atomic E-state index is 0.0498. The van der Waals surface area contributed by atoms with Gasteiger partial charge in [-0.05, 0) is 12.8 Å². The Morgan fingerprint density at radius 3 is 2.36 bits per heavy atom. The number of ether oxygens (including phenoxy) is 1. The molecular formula is C10H14O4. The quantitative estimate of drug-likeness (QED) is 0.414. The minimum Gasteiger partial charge on any atom is -0.481 e. The molecule has 78 valence electrons. The molecule has 0 rings (SSSR count). The van der Waals surface area contributed by atoms with Crippen molar-refractivity contribution in [3.05, 3.63) is 0 Å². The van der Waals surface area contributed by atoms with Crippen LogP contribution in [0.3, 0.4) is 0 Å². The van der Waals surface area contributed by atoms with Crippen LogP contribution in [0.1, 0.15) is 20.8 Å². The molecular weight excluding hydrogens is 184 g/mol. The summed E-state index contributed by atoms with van der Waals surface area (Å²) in [6.07, 6.45) is 0. The van der Waals surface area contributed by atoms with E-state index in [1.54, 1.807) is 20.8 Å². The molecule has 14 heavy (non-hydrogen) atoms. The molecule has 4 heteroatoms. The summed E-state index contributed by atoms with van der Waals surface area (Å²) in [7, 11) is 0. The molecule has 0 spiro atoms. The molecule has 0 fully saturated rings. The van der Waals surface area contributed by atoms with Crippen molar-refractivity contribution in [3.63, 3.8) is 0 Å². The third-order valence-corrected chi connectivity index (χ3v) is 1.65. The molecule has 1 unspecified atom stereocenters. The van der Waals surface area contributed by atoms with E-state index in [4.69, 9.17) is 5.11 Å². The van der Waals surface area contributed by atoms with Gasteiger partial charge in [0.05, 0.1) is 0 Å². The second-order valence-electron chi connectivity index (χ2n) is 3.09. The predicted octanol–water partition coefficient (Wildman–Crippen LogP) is 0.910. The van der Waals surface area contributed by atoms with E-state index in [0.717, 1.165) is 0 Å². The Kier molecular flexibility index (Phi) is 5.38. The van der Waals surface area contributed by atoms with Crippen molar-refractivity contribution in [1.82, 2.24) is 0 Å². The van der Waals surface area contributed by atoms with E-state index < -0.39 is 17.9 Å². The molecule has 0 saturated carbocycles. The number of hydrogen-bond donors (Lipinski definition) is 1. The third-order valence-electron chi connectivity index (χ3n) is 1.65. The van der Waals surface area contributed by atoms with Gasteiger partial charge in [-0.15, -0.1) is 5.92 Å². The topological polar surface area (TPSA) is 63.6 Å². The number of esters is 1. The molecule has 1 N–H and O–H groups in total. The number of carbonyl (C=O) groups excluding carboxylic acids is 1. The summed E-state index contributed by atoms with van der Waals surface area (Å²) in [6.45, 7) is 4.88. The van der Waals surface area contributed by atoms with Gasteiger partial charge in [-0.25, -0.2) is 0 Å². The van der Waals surface area contributed by atoms with Crippen molar-refractivity contribution >= 4 is 11.9 Å². The fraction of sp³-hybridized carbons (Fsp3) is 0.600. The lowest BCUT2D eigenvalue weighted by molar-refractivity contribution is -0.159. The largest absolute Gasteiger partial charge is 0.481 e. The second-order valence-corrected chi connectivity index (χ2v) is 3.09. The molecule has 0 radical (unpaired) electrons. The van der Waals surface area contributed by atoms with Crippen LogP contribution in [0.5, 0.6) is 0 Å². The molecule has 0 saturated heterocycles. The van der Waals surface area contributed by atoms with Crippen LogP contribution in [0.15, 0.2) is 0 Å². The van der Waals surface area contributed by atoms with Crippen LogP contribution in [-0.4, -0.2) is 23.7 Å². The molecule has 0 amide bonds. The van der Waals surface area contributed by atoms with Crippen LogP contribution in [0.4, 0.5) is 0 Å². The van der Waals surface area contributed by atoms with Crippen molar-refractivity contribution in [2.24, 2.45) is 11.8 Å². The molecule has 0 aromatic rings. The van der Waals surface area contributed by atoms with Crippen molar-refractivity contribution in [3.8, 4) is 11.8 Å². The highest BCUT2D eigenvalue weighted by Gasteiger charge is 2.30. The van der Waals surface area contributed by atoms with Gasteiger partial charge < -0.3 is 9.84 Å². The van der Waals surface area contributed by atoms with E-state index in [1.807, 2.05) is 0 Å². The monoisotopic (exact) mass is 198 g/mol. The van der Waals surface area contributed by atoms with E-state index in [0.29, 0.717) is 0 Å². The lowest BCUT2D eigenvalue weighted by Gasteiger charge is -2.13. The van der Waals surface area contributed by atoms with Crippen LogP contribution in [0.2, 0.25) is 0 Å². The van der Waals surface area contributed by atoms with Crippen molar-refractivity contribution in [2.45, 2.75) is 20.8 Å². The van der Waals surface area contributed by atoms with Gasteiger partial charge >= 0.3 is 11.9 Å². The summed E-state index contributed by atoms with van der Waals surface area (Å²) in [6, 6.07) is 0. The summed E-state index contributed by atoms with van der Waals surface area (Å²) in [5, 5.41) is 8.73. The predicted molar refractivity (Wildman–Crippen MR) is 50.4 cm³/mol. The molecule has 0 bridgehead atoms. The van der Waals surface area contributed by atoms with Crippen LogP contribution < -0.4 is 0 Å². The van der Waals surface area contributed by atoms with Crippen LogP contribution in [-0.2, 0) is 14.3 Å². The zero-order chi connectivity index (χ0) is 11.1. The Hall–Kier alpha value is -1.50. The fourth-order valence-electron chi connectivity index (χ4n) is 0.927. The molecule has 0 aliphatic rings. The molecule has 0 aliphatic carbocycles. The van der Waals surface area contributed by atoms with Gasteiger partial charge in [0.15, 0.2) is 12.5 Å². The third kappa shape index (κ3) is 3.94. The summed E-state index contributed by atoms with van der Waals surface area (Å²) in [5.41, 5.74) is 0. The van der Waals surface area contributed by atoms with E-state index in [1.165, 1.54) is 0 Å². The van der Waals surface area contributed by atoms with E-state index in [2.05, 4.69) is 16.6 Å². The van der Waals surface area contributed by atoms with Crippen LogP contribution in [0.25, 0.3) is 0 Å². The lowest BCUT2D eigenvalue weighted by Crippen LogP contribution is -2.30. The molecule has 0 aliphatic heterocycles. The van der Waals surface area contributed by atoms with Crippen molar-refractivity contribution < 1.29 is 19.4 Å². The fourth-order valence-corrected chi connectivity index (χ4v) is 0.927. The van der Waals surface area contributed by atoms with Crippen molar-refractivity contribution in [2.75, 3.05) is 6.61 Å². The molecule has 4 nitrogen and oxygen atoms in total. The molecule has 0 aromatic carbocycles. The number of hydrogen-bond acceptors (Lipinski definition) is 3. The minimum atomic E-state index is -1.16. The van der Waals surface area contributed by atoms with E-state index in [9.17, 15) is 9.59 Å². The Labute approximate surface area is 83.3 Å².